The Morgan fingerprint density at radius 1 is 0.920 bits per heavy atom. The number of Topliss-reactive ketones (excluding diaryl/α,β-unsaturated/α-hetero) is 2. The number of rotatable bonds is 14. The number of nitrogens with one attached hydrogen (secondary N) is 1. The number of nitrogens with zero attached hydrogens (tertiary/aromatic N) is 7. The minimum Gasteiger partial charge on any atom is -0.458 e. The van der Waals surface area contributed by atoms with Gasteiger partial charge < -0.3 is 48.9 Å². The number of aliphatic hydroxyl groups is 1. The number of pyridine rings is 1. The quantitative estimate of drug-likeness (QED) is 0.0584. The number of fused-ring (bicyclic) bond motifs is 1. The number of carbonyl (C=O) groups is 4. The largest absolute Gasteiger partial charge is 0.458 e. The highest BCUT2D eigenvalue weighted by Crippen LogP contribution is 2.43. The Morgan fingerprint density at radius 3 is 2.23 bits per heavy atom. The summed E-state index contributed by atoms with van der Waals surface area (Å²) in [6.07, 6.45) is 7.36. The van der Waals surface area contributed by atoms with Gasteiger partial charge in [-0.1, -0.05) is 27.7 Å². The number of sulfonamides is 1. The number of nitrogens with two attached hydrogens (primary N) is 1. The van der Waals surface area contributed by atoms with Crippen LogP contribution in [0.15, 0.2) is 84.7 Å². The maximum absolute atomic E-state index is 14.7. The molecule has 75 heavy (non-hydrogen) atoms. The van der Waals surface area contributed by atoms with Gasteiger partial charge >= 0.3 is 12.1 Å². The molecule has 3 aliphatic rings. The predicted molar refractivity (Wildman–Crippen MR) is 278 cm³/mol. The number of carbonyl (C=O) groups excluding carboxylic acids is 4. The lowest BCUT2D eigenvalue weighted by molar-refractivity contribution is -0.295. The summed E-state index contributed by atoms with van der Waals surface area (Å²) in [6.45, 7) is 14.9. The molecule has 4 aromatic rings. The number of methoxy groups -OCH3 is 1. The van der Waals surface area contributed by atoms with Crippen LogP contribution in [0.25, 0.3) is 11.3 Å². The maximum Gasteiger partial charge on any atom is 0.410 e. The van der Waals surface area contributed by atoms with Crippen molar-refractivity contribution in [1.82, 2.24) is 34.3 Å². The van der Waals surface area contributed by atoms with E-state index in [2.05, 4.69) is 24.7 Å². The Morgan fingerprint density at radius 2 is 1.60 bits per heavy atom. The molecule has 1 aromatic carbocycles. The highest BCUT2D eigenvalue weighted by molar-refractivity contribution is 7.92. The Kier molecular flexibility index (Phi) is 19.3. The van der Waals surface area contributed by atoms with Crippen molar-refractivity contribution in [3.05, 3.63) is 79.8 Å². The molecule has 0 bridgehead atoms. The molecule has 0 unspecified atom stereocenters. The third-order valence-electron chi connectivity index (χ3n) is 14.8. The number of unbranched alkanes of at least 4 members (excludes halogenated alkanes) is 1. The molecule has 3 aliphatic heterocycles. The van der Waals surface area contributed by atoms with Crippen molar-refractivity contribution in [2.75, 3.05) is 38.2 Å². The Hall–Kier alpha value is -5.91. The summed E-state index contributed by atoms with van der Waals surface area (Å²) in [4.78, 5) is 76.7. The monoisotopic (exact) mass is 1060 g/mol. The number of nitrogen functional groups attached to an aromatic ring is 1. The molecule has 410 valence electrons. The smallest absolute Gasteiger partial charge is 0.410 e. The third-order valence-corrected chi connectivity index (χ3v) is 16.1. The summed E-state index contributed by atoms with van der Waals surface area (Å²) >= 11 is 0. The molecule has 7 rings (SSSR count). The predicted octanol–water partition coefficient (Wildman–Crippen LogP) is 5.79. The van der Waals surface area contributed by atoms with E-state index < -0.39 is 93.4 Å². The van der Waals surface area contributed by atoms with E-state index in [0.29, 0.717) is 38.0 Å². The molecule has 0 radical (unpaired) electrons. The number of hydrogen-bond donors (Lipinski definition) is 3. The number of likely N-dealkylation sites (N-methyl/N-ethyl adjacent to an activating group) is 1. The number of hydrogen-bond acceptors (Lipinski definition) is 18. The fraction of sp³-hybridized carbons (Fsp3) is 0.585. The van der Waals surface area contributed by atoms with Gasteiger partial charge in [-0.15, -0.1) is 0 Å². The maximum atomic E-state index is 14.7. The summed E-state index contributed by atoms with van der Waals surface area (Å²) in [5.41, 5.74) is 5.04. The average molecular weight is 1060 g/mol. The summed E-state index contributed by atoms with van der Waals surface area (Å²) in [5, 5.41) is 11.4. The van der Waals surface area contributed by atoms with Crippen LogP contribution in [0.5, 0.6) is 0 Å². The van der Waals surface area contributed by atoms with Crippen LogP contribution in [-0.4, -0.2) is 153 Å². The van der Waals surface area contributed by atoms with Crippen molar-refractivity contribution in [1.29, 1.82) is 0 Å². The van der Waals surface area contributed by atoms with Crippen molar-refractivity contribution in [3.8, 4) is 11.3 Å². The minimum absolute atomic E-state index is 0.0318. The van der Waals surface area contributed by atoms with Crippen molar-refractivity contribution in [3.63, 3.8) is 0 Å². The summed E-state index contributed by atoms with van der Waals surface area (Å²) < 4.78 is 59.2. The van der Waals surface area contributed by atoms with Gasteiger partial charge in [-0.25, -0.2) is 32.9 Å². The number of aliphatic hydroxyl groups excluding tert-OH is 1. The van der Waals surface area contributed by atoms with Gasteiger partial charge in [0.2, 0.25) is 5.95 Å². The lowest BCUT2D eigenvalue weighted by Crippen LogP contribution is -2.60. The zero-order valence-electron chi connectivity index (χ0n) is 44.9. The molecule has 3 saturated heterocycles. The molecular formula is C53H75N9O12S. The number of anilines is 2. The van der Waals surface area contributed by atoms with Gasteiger partial charge in [0.15, 0.2) is 17.7 Å². The zero-order chi connectivity index (χ0) is 55.0. The van der Waals surface area contributed by atoms with Gasteiger partial charge in [-0.2, -0.15) is 0 Å². The summed E-state index contributed by atoms with van der Waals surface area (Å²) in [7, 11) is 1.58. The number of aryl methyl sites for hydroxylation is 1. The molecule has 21 nitrogen and oxygen atoms in total. The number of aromatic nitrogens is 5. The molecule has 13 atom stereocenters. The van der Waals surface area contributed by atoms with Crippen LogP contribution in [-0.2, 0) is 54.6 Å². The highest BCUT2D eigenvalue weighted by Gasteiger charge is 2.60. The number of imidazole rings is 1. The topological polar surface area (TPSA) is 270 Å². The second kappa shape index (κ2) is 24.8. The molecule has 0 aliphatic carbocycles. The van der Waals surface area contributed by atoms with E-state index in [-0.39, 0.29) is 41.6 Å². The Bertz CT molecular complexity index is 2670. The van der Waals surface area contributed by atoms with Crippen molar-refractivity contribution in [2.24, 2.45) is 23.7 Å². The van der Waals surface area contributed by atoms with Crippen LogP contribution >= 0.6 is 0 Å². The van der Waals surface area contributed by atoms with Crippen molar-refractivity contribution < 1.29 is 56.4 Å². The first-order valence-electron chi connectivity index (χ1n) is 25.5. The van der Waals surface area contributed by atoms with Gasteiger partial charge in [0.25, 0.3) is 10.0 Å². The second-order valence-corrected chi connectivity index (χ2v) is 22.3. The summed E-state index contributed by atoms with van der Waals surface area (Å²) in [6, 6.07) is 10.2. The number of benzene rings is 1. The van der Waals surface area contributed by atoms with E-state index in [1.54, 1.807) is 57.4 Å². The third kappa shape index (κ3) is 13.6. The molecule has 22 heteroatoms. The molecule has 6 heterocycles. The van der Waals surface area contributed by atoms with E-state index in [0.717, 1.165) is 11.3 Å². The molecule has 0 spiro atoms. The van der Waals surface area contributed by atoms with E-state index >= 15 is 0 Å². The minimum atomic E-state index is -3.66. The lowest BCUT2D eigenvalue weighted by atomic mass is 9.73. The fourth-order valence-electron chi connectivity index (χ4n) is 10.6. The average Bonchev–Trinajstić information content (AvgIpc) is 3.97. The van der Waals surface area contributed by atoms with E-state index in [4.69, 9.17) is 29.4 Å². The van der Waals surface area contributed by atoms with Crippen LogP contribution in [0, 0.1) is 23.7 Å². The van der Waals surface area contributed by atoms with Gasteiger partial charge in [0, 0.05) is 86.2 Å². The normalized spacial score (nSPS) is 30.9. The van der Waals surface area contributed by atoms with Crippen LogP contribution < -0.4 is 10.5 Å². The first-order valence-corrected chi connectivity index (χ1v) is 27.0. The van der Waals surface area contributed by atoms with E-state index in [1.165, 1.54) is 50.7 Å². The SMILES string of the molecule is CC[C@H]1OC(=O)[C@H](C)C(=O)[C@H](C)[C@@H](O[C@@H]2O[C@H](C)C[C@H](N(C)C)[C@H]2O)[C@](C)(OC)C[C@@H](C)C(=O)[C@H](C)[C@H]2N(CCCCn3cnc(-c4cccnc4)c3)C(=O)O[C@]12C.Nc1ccc(S(=O)(=O)Nc2ncccn2)cc1. The van der Waals surface area contributed by atoms with Crippen LogP contribution in [0.1, 0.15) is 87.5 Å². The standard InChI is InChI=1S/C43H65N5O10.C10H10N4O2S/c1-12-33-43(8)37(48(41(53)58-43)19-14-13-18-47-23-31(45-24-47)30-16-15-17-44-22-30)27(4)34(49)25(2)21-42(7,54-11)38(28(5)35(50)29(6)39(52)56-33)57-40-36(51)32(46(9)10)20-26(3)55-40;11-8-2-4-9(5-3-8)17(15,16)14-10-12-6-1-7-13-10/h15-17,22-29,32-33,36-38,40,51H,12-14,18-21H2,1-11H3;1-7H,11H2,(H,12,13,14)/t25-,26-,27+,28+,29-,32+,33-,36-,37-,38-,40+,42-,43-;/m1./s1. The molecule has 3 aromatic heterocycles. The summed E-state index contributed by atoms with van der Waals surface area (Å²) in [5.74, 6) is -4.92. The van der Waals surface area contributed by atoms with E-state index in [1.807, 2.05) is 62.7 Å². The van der Waals surface area contributed by atoms with Gasteiger partial charge in [-0.05, 0) is 116 Å². The molecule has 3 fully saturated rings. The Balaban J connectivity index is 0.000000452. The highest BCUT2D eigenvalue weighted by atomic mass is 32.2. The van der Waals surface area contributed by atoms with Gasteiger partial charge in [-0.3, -0.25) is 19.4 Å². The van der Waals surface area contributed by atoms with Crippen molar-refractivity contribution in [2.45, 2.75) is 153 Å². The molecular weight excluding hydrogens is 987 g/mol. The van der Waals surface area contributed by atoms with Crippen LogP contribution in [0.3, 0.4) is 0 Å². The fourth-order valence-corrected chi connectivity index (χ4v) is 11.6. The molecule has 4 N–H and O–H groups in total. The Labute approximate surface area is 440 Å². The number of ketones is 2. The van der Waals surface area contributed by atoms with Gasteiger partial charge in [0.05, 0.1) is 40.8 Å². The lowest BCUT2D eigenvalue weighted by Gasteiger charge is -2.47. The van der Waals surface area contributed by atoms with E-state index in [9.17, 15) is 32.7 Å². The van der Waals surface area contributed by atoms with Crippen LogP contribution in [0.2, 0.25) is 0 Å². The van der Waals surface area contributed by atoms with Crippen molar-refractivity contribution >= 4 is 45.3 Å². The van der Waals surface area contributed by atoms with Gasteiger partial charge in [0.1, 0.15) is 23.9 Å². The number of esters is 1. The van der Waals surface area contributed by atoms with Crippen LogP contribution in [0.4, 0.5) is 16.4 Å². The second-order valence-electron chi connectivity index (χ2n) is 20.6. The number of amides is 1. The zero-order valence-corrected chi connectivity index (χ0v) is 45.7. The number of cyclic esters (lactones) is 1. The molecule has 0 saturated carbocycles. The first kappa shape index (κ1) is 58.4. The number of ether oxygens (including phenoxy) is 5. The molecule has 1 amide bonds. The first-order chi connectivity index (χ1) is 35.4.